The summed E-state index contributed by atoms with van der Waals surface area (Å²) in [4.78, 5) is 25.8. The number of carbonyl (C=O) groups excluding carboxylic acids is 2. The average Bonchev–Trinajstić information content (AvgIpc) is 3.40. The minimum Gasteiger partial charge on any atom is -0.494 e. The van der Waals surface area contributed by atoms with Crippen LogP contribution in [0.5, 0.6) is 23.0 Å². The molecule has 0 bridgehead atoms. The van der Waals surface area contributed by atoms with Gasteiger partial charge in [-0.25, -0.2) is 0 Å². The average molecular weight is 578 g/mol. The van der Waals surface area contributed by atoms with Crippen molar-refractivity contribution in [2.45, 2.75) is 20.8 Å². The molecule has 41 heavy (non-hydrogen) atoms. The van der Waals surface area contributed by atoms with Gasteiger partial charge >= 0.3 is 0 Å². The Kier molecular flexibility index (Phi) is 9.64. The first kappa shape index (κ1) is 29.2. The number of hydrogen-bond donors (Lipinski definition) is 3. The van der Waals surface area contributed by atoms with E-state index in [2.05, 4.69) is 16.0 Å². The van der Waals surface area contributed by atoms with Gasteiger partial charge in [-0.2, -0.15) is 0 Å². The molecule has 0 radical (unpaired) electrons. The van der Waals surface area contributed by atoms with Crippen LogP contribution in [-0.4, -0.2) is 43.9 Å². The van der Waals surface area contributed by atoms with Crippen molar-refractivity contribution in [1.82, 2.24) is 5.32 Å². The van der Waals surface area contributed by atoms with Gasteiger partial charge in [-0.05, 0) is 69.4 Å². The predicted octanol–water partition coefficient (Wildman–Crippen LogP) is 6.02. The van der Waals surface area contributed by atoms with E-state index >= 15 is 0 Å². The maximum absolute atomic E-state index is 13.1. The van der Waals surface area contributed by atoms with Crippen LogP contribution in [0.4, 0.5) is 11.4 Å². The highest BCUT2D eigenvalue weighted by atomic mass is 32.1. The van der Waals surface area contributed by atoms with Gasteiger partial charge in [0.05, 0.1) is 32.6 Å². The van der Waals surface area contributed by atoms with Gasteiger partial charge in [0.25, 0.3) is 11.8 Å². The van der Waals surface area contributed by atoms with Gasteiger partial charge in [-0.1, -0.05) is 18.2 Å². The van der Waals surface area contributed by atoms with Crippen molar-refractivity contribution in [3.05, 3.63) is 72.0 Å². The van der Waals surface area contributed by atoms with Crippen molar-refractivity contribution in [3.63, 3.8) is 0 Å². The van der Waals surface area contributed by atoms with Crippen molar-refractivity contribution in [2.24, 2.45) is 0 Å². The number of anilines is 2. The van der Waals surface area contributed by atoms with E-state index in [-0.39, 0.29) is 16.4 Å². The zero-order chi connectivity index (χ0) is 29.4. The van der Waals surface area contributed by atoms with Gasteiger partial charge in [0.2, 0.25) is 5.75 Å². The number of fused-ring (bicyclic) bond motifs is 1. The highest BCUT2D eigenvalue weighted by Crippen LogP contribution is 2.39. The quantitative estimate of drug-likeness (QED) is 0.184. The molecule has 0 aliphatic heterocycles. The van der Waals surface area contributed by atoms with Gasteiger partial charge in [-0.3, -0.25) is 14.9 Å². The molecule has 0 aliphatic rings. The van der Waals surface area contributed by atoms with Gasteiger partial charge in [0.15, 0.2) is 22.4 Å². The van der Waals surface area contributed by atoms with Crippen molar-refractivity contribution in [3.8, 4) is 23.0 Å². The van der Waals surface area contributed by atoms with Crippen LogP contribution in [0.15, 0.2) is 65.1 Å². The molecule has 0 unspecified atom stereocenters. The minimum absolute atomic E-state index is 0.0564. The number of nitrogens with one attached hydrogen (secondary N) is 3. The second-order valence-electron chi connectivity index (χ2n) is 8.53. The summed E-state index contributed by atoms with van der Waals surface area (Å²) in [5.41, 5.74) is 1.87. The largest absolute Gasteiger partial charge is 0.494 e. The number of thiocarbonyl (C=S) groups is 1. The Morgan fingerprint density at radius 2 is 1.49 bits per heavy atom. The van der Waals surface area contributed by atoms with Crippen LogP contribution in [0.3, 0.4) is 0 Å². The Labute approximate surface area is 242 Å². The van der Waals surface area contributed by atoms with Crippen molar-refractivity contribution >= 4 is 51.5 Å². The molecule has 214 valence electrons. The second-order valence-corrected chi connectivity index (χ2v) is 8.93. The fourth-order valence-electron chi connectivity index (χ4n) is 4.01. The Hall–Kier alpha value is -4.77. The van der Waals surface area contributed by atoms with E-state index in [1.165, 1.54) is 7.11 Å². The molecular formula is C30H31N3O7S. The van der Waals surface area contributed by atoms with Crippen molar-refractivity contribution in [2.75, 3.05) is 37.6 Å². The van der Waals surface area contributed by atoms with Crippen LogP contribution in [0.1, 0.15) is 41.7 Å². The predicted molar refractivity (Wildman–Crippen MR) is 161 cm³/mol. The number of benzene rings is 3. The number of rotatable bonds is 11. The number of hydrogen-bond acceptors (Lipinski definition) is 8. The zero-order valence-electron chi connectivity index (χ0n) is 23.2. The molecule has 0 saturated heterocycles. The van der Waals surface area contributed by atoms with Gasteiger partial charge in [0.1, 0.15) is 11.3 Å². The van der Waals surface area contributed by atoms with Crippen LogP contribution in [0, 0.1) is 0 Å². The number of amides is 2. The SMILES string of the molecule is CCOc1cc(C(=O)NC(=S)Nc2ccc(NC(=O)c3cc4ccccc4o3)c(OC)c2)cc(OCC)c1OCC. The molecule has 0 atom stereocenters. The van der Waals surface area contributed by atoms with E-state index in [4.69, 9.17) is 35.6 Å². The number of methoxy groups -OCH3 is 1. The van der Waals surface area contributed by atoms with E-state index in [0.717, 1.165) is 5.39 Å². The highest BCUT2D eigenvalue weighted by Gasteiger charge is 2.20. The summed E-state index contributed by atoms with van der Waals surface area (Å²) < 4.78 is 28.2. The molecule has 11 heteroatoms. The third-order valence-electron chi connectivity index (χ3n) is 5.76. The summed E-state index contributed by atoms with van der Waals surface area (Å²) >= 11 is 5.37. The molecule has 0 saturated carbocycles. The summed E-state index contributed by atoms with van der Waals surface area (Å²) in [5.74, 6) is 0.901. The molecule has 0 aliphatic carbocycles. The first-order valence-electron chi connectivity index (χ1n) is 13.0. The van der Waals surface area contributed by atoms with Crippen molar-refractivity contribution < 1.29 is 33.0 Å². The monoisotopic (exact) mass is 577 g/mol. The molecule has 2 amide bonds. The smallest absolute Gasteiger partial charge is 0.291 e. The molecule has 3 N–H and O–H groups in total. The summed E-state index contributed by atoms with van der Waals surface area (Å²) in [6.07, 6.45) is 0. The van der Waals surface area contributed by atoms with Gasteiger partial charge < -0.3 is 34.0 Å². The fourth-order valence-corrected chi connectivity index (χ4v) is 4.22. The summed E-state index contributed by atoms with van der Waals surface area (Å²) in [6.45, 7) is 6.70. The lowest BCUT2D eigenvalue weighted by molar-refractivity contribution is 0.0974. The summed E-state index contributed by atoms with van der Waals surface area (Å²) in [7, 11) is 1.48. The van der Waals surface area contributed by atoms with E-state index in [0.29, 0.717) is 59.8 Å². The van der Waals surface area contributed by atoms with Crippen LogP contribution in [0.2, 0.25) is 0 Å². The lowest BCUT2D eigenvalue weighted by atomic mass is 10.1. The second kappa shape index (κ2) is 13.5. The molecule has 0 spiro atoms. The van der Waals surface area contributed by atoms with E-state index in [9.17, 15) is 9.59 Å². The Morgan fingerprint density at radius 1 is 0.805 bits per heavy atom. The summed E-state index contributed by atoms with van der Waals surface area (Å²) in [5, 5.41) is 9.30. The van der Waals surface area contributed by atoms with Gasteiger partial charge in [0, 0.05) is 22.7 Å². The van der Waals surface area contributed by atoms with E-state index in [1.807, 2.05) is 39.0 Å². The molecule has 3 aromatic carbocycles. The normalized spacial score (nSPS) is 10.5. The first-order chi connectivity index (χ1) is 19.9. The van der Waals surface area contributed by atoms with Crippen LogP contribution in [0.25, 0.3) is 11.0 Å². The number of furan rings is 1. The number of carbonyl (C=O) groups is 2. The Balaban J connectivity index is 1.45. The minimum atomic E-state index is -0.464. The molecular weight excluding hydrogens is 546 g/mol. The number of para-hydroxylation sites is 1. The Morgan fingerprint density at radius 3 is 2.12 bits per heavy atom. The van der Waals surface area contributed by atoms with E-state index in [1.54, 1.807) is 42.5 Å². The standard InChI is InChI=1S/C30H31N3O7S/c1-5-37-24-15-19(16-25(38-6-2)27(24)39-7-3)28(34)33-30(41)31-20-12-13-21(23(17-20)36-4)32-29(35)26-14-18-10-8-9-11-22(18)40-26/h8-17H,5-7H2,1-4H3,(H,32,35)(H2,31,33,34,41). The first-order valence-corrected chi connectivity index (χ1v) is 13.4. The molecule has 1 aromatic heterocycles. The van der Waals surface area contributed by atoms with Crippen LogP contribution < -0.4 is 34.9 Å². The van der Waals surface area contributed by atoms with Crippen LogP contribution >= 0.6 is 12.2 Å². The topological polar surface area (TPSA) is 120 Å². The molecule has 0 fully saturated rings. The highest BCUT2D eigenvalue weighted by molar-refractivity contribution is 7.80. The third kappa shape index (κ3) is 7.06. The molecule has 4 rings (SSSR count). The fraction of sp³-hybridized carbons (Fsp3) is 0.233. The lowest BCUT2D eigenvalue weighted by Gasteiger charge is -2.17. The van der Waals surface area contributed by atoms with E-state index < -0.39 is 11.8 Å². The maximum atomic E-state index is 13.1. The molecule has 4 aromatic rings. The lowest BCUT2D eigenvalue weighted by Crippen LogP contribution is -2.34. The number of ether oxygens (including phenoxy) is 4. The molecule has 10 nitrogen and oxygen atoms in total. The zero-order valence-corrected chi connectivity index (χ0v) is 24.0. The third-order valence-corrected chi connectivity index (χ3v) is 5.96. The van der Waals surface area contributed by atoms with Crippen LogP contribution in [-0.2, 0) is 0 Å². The van der Waals surface area contributed by atoms with Crippen molar-refractivity contribution in [1.29, 1.82) is 0 Å². The Bertz CT molecular complexity index is 1510. The molecule has 1 heterocycles. The maximum Gasteiger partial charge on any atom is 0.291 e. The van der Waals surface area contributed by atoms with Gasteiger partial charge in [-0.15, -0.1) is 0 Å². The summed E-state index contributed by atoms with van der Waals surface area (Å²) in [6, 6.07) is 17.2.